The first kappa shape index (κ1) is 12.4. The maximum absolute atomic E-state index is 12.4. The van der Waals surface area contributed by atoms with Crippen molar-refractivity contribution in [3.63, 3.8) is 0 Å². The summed E-state index contributed by atoms with van der Waals surface area (Å²) in [5.41, 5.74) is 2.09. The highest BCUT2D eigenvalue weighted by molar-refractivity contribution is 9.10. The van der Waals surface area contributed by atoms with Gasteiger partial charge in [-0.2, -0.15) is 0 Å². The predicted molar refractivity (Wildman–Crippen MR) is 73.4 cm³/mol. The Hall–Kier alpha value is -1.68. The molecule has 0 bridgehead atoms. The van der Waals surface area contributed by atoms with E-state index in [9.17, 15) is 9.59 Å². The summed E-state index contributed by atoms with van der Waals surface area (Å²) in [6, 6.07) is 7.14. The van der Waals surface area contributed by atoms with Crippen LogP contribution in [0, 0.1) is 12.8 Å². The van der Waals surface area contributed by atoms with Crippen molar-refractivity contribution in [2.45, 2.75) is 13.3 Å². The van der Waals surface area contributed by atoms with E-state index in [-0.39, 0.29) is 11.6 Å². The van der Waals surface area contributed by atoms with E-state index in [1.165, 1.54) is 6.26 Å². The average molecular weight is 319 g/mol. The lowest BCUT2D eigenvalue weighted by molar-refractivity contribution is 0.0821. The van der Waals surface area contributed by atoms with Crippen molar-refractivity contribution in [2.24, 2.45) is 5.92 Å². The van der Waals surface area contributed by atoms with Crippen LogP contribution in [-0.4, -0.2) is 11.6 Å². The molecule has 0 N–H and O–H groups in total. The zero-order valence-electron chi connectivity index (χ0n) is 10.3. The van der Waals surface area contributed by atoms with E-state index in [0.29, 0.717) is 23.3 Å². The zero-order chi connectivity index (χ0) is 13.6. The summed E-state index contributed by atoms with van der Waals surface area (Å²) in [5, 5.41) is 0. The van der Waals surface area contributed by atoms with Crippen molar-refractivity contribution in [1.82, 2.24) is 0 Å². The van der Waals surface area contributed by atoms with Gasteiger partial charge in [-0.05, 0) is 43.2 Å². The summed E-state index contributed by atoms with van der Waals surface area (Å²) in [7, 11) is 0. The largest absolute Gasteiger partial charge is 0.469 e. The molecule has 0 amide bonds. The highest BCUT2D eigenvalue weighted by atomic mass is 79.9. The lowest BCUT2D eigenvalue weighted by atomic mass is 9.94. The number of hydrogen-bond donors (Lipinski definition) is 0. The number of hydrogen-bond acceptors (Lipinski definition) is 3. The summed E-state index contributed by atoms with van der Waals surface area (Å²) in [6.45, 7) is 1.73. The smallest absolute Gasteiger partial charge is 0.177 e. The Morgan fingerprint density at radius 2 is 2.16 bits per heavy atom. The Bertz CT molecular complexity index is 684. The highest BCUT2D eigenvalue weighted by Crippen LogP contribution is 2.31. The molecule has 2 aromatic rings. The molecule has 1 aromatic heterocycles. The number of aryl methyl sites for hydroxylation is 1. The molecule has 1 heterocycles. The number of carbonyl (C=O) groups excluding carboxylic acids is 2. The number of halogens is 1. The van der Waals surface area contributed by atoms with Crippen LogP contribution >= 0.6 is 15.9 Å². The van der Waals surface area contributed by atoms with Gasteiger partial charge in [-0.3, -0.25) is 9.59 Å². The molecule has 1 unspecified atom stereocenters. The lowest BCUT2D eigenvalue weighted by Crippen LogP contribution is -2.21. The van der Waals surface area contributed by atoms with E-state index < -0.39 is 5.92 Å². The van der Waals surface area contributed by atoms with Gasteiger partial charge >= 0.3 is 0 Å². The standard InChI is InChI=1S/C15H11BrO3/c1-8-11(4-5-19-8)14(17)13-7-9-6-10(16)2-3-12(9)15(13)18/h2-6,13H,7H2,1H3. The molecule has 1 aliphatic carbocycles. The summed E-state index contributed by atoms with van der Waals surface area (Å²) < 4.78 is 6.06. The van der Waals surface area contributed by atoms with E-state index >= 15 is 0 Å². The Morgan fingerprint density at radius 3 is 2.84 bits per heavy atom. The van der Waals surface area contributed by atoms with E-state index in [2.05, 4.69) is 15.9 Å². The van der Waals surface area contributed by atoms with Crippen molar-refractivity contribution in [3.8, 4) is 0 Å². The van der Waals surface area contributed by atoms with E-state index in [1.807, 2.05) is 12.1 Å². The third-order valence-electron chi connectivity index (χ3n) is 3.51. The van der Waals surface area contributed by atoms with Gasteiger partial charge in [0.2, 0.25) is 0 Å². The Balaban J connectivity index is 1.96. The van der Waals surface area contributed by atoms with Gasteiger partial charge in [-0.1, -0.05) is 15.9 Å². The molecule has 0 saturated carbocycles. The normalized spacial score (nSPS) is 17.6. The minimum absolute atomic E-state index is 0.0897. The third kappa shape index (κ3) is 1.96. The maximum atomic E-state index is 12.4. The van der Waals surface area contributed by atoms with Gasteiger partial charge in [-0.25, -0.2) is 0 Å². The topological polar surface area (TPSA) is 47.3 Å². The summed E-state index contributed by atoms with van der Waals surface area (Å²) in [5.74, 6) is -0.285. The van der Waals surface area contributed by atoms with E-state index in [0.717, 1.165) is 10.0 Å². The van der Waals surface area contributed by atoms with Crippen LogP contribution in [0.3, 0.4) is 0 Å². The molecule has 4 heteroatoms. The van der Waals surface area contributed by atoms with Crippen LogP contribution in [0.1, 0.15) is 32.0 Å². The van der Waals surface area contributed by atoms with Gasteiger partial charge < -0.3 is 4.42 Å². The second-order valence-corrected chi connectivity index (χ2v) is 5.59. The molecule has 1 aromatic carbocycles. The fourth-order valence-electron chi connectivity index (χ4n) is 2.51. The molecule has 1 atom stereocenters. The first-order chi connectivity index (χ1) is 9.08. The molecule has 0 radical (unpaired) electrons. The number of benzene rings is 1. The summed E-state index contributed by atoms with van der Waals surface area (Å²) in [4.78, 5) is 24.7. The van der Waals surface area contributed by atoms with Gasteiger partial charge in [0.25, 0.3) is 0 Å². The van der Waals surface area contributed by atoms with Crippen molar-refractivity contribution in [3.05, 3.63) is 57.5 Å². The van der Waals surface area contributed by atoms with Crippen molar-refractivity contribution >= 4 is 27.5 Å². The molecule has 19 heavy (non-hydrogen) atoms. The highest BCUT2D eigenvalue weighted by Gasteiger charge is 2.37. The summed E-state index contributed by atoms with van der Waals surface area (Å²) >= 11 is 3.38. The minimum Gasteiger partial charge on any atom is -0.469 e. The number of fused-ring (bicyclic) bond motifs is 1. The molecule has 3 rings (SSSR count). The predicted octanol–water partition coefficient (Wildman–Crippen LogP) is 3.59. The molecule has 1 aliphatic rings. The van der Waals surface area contributed by atoms with Gasteiger partial charge in [0.15, 0.2) is 11.6 Å². The van der Waals surface area contributed by atoms with Crippen LogP contribution in [0.2, 0.25) is 0 Å². The van der Waals surface area contributed by atoms with Crippen molar-refractivity contribution < 1.29 is 14.0 Å². The number of carbonyl (C=O) groups is 2. The number of Topliss-reactive ketones (excluding diaryl/α,β-unsaturated/α-hetero) is 2. The van der Waals surface area contributed by atoms with Crippen LogP contribution in [0.4, 0.5) is 0 Å². The Morgan fingerprint density at radius 1 is 1.37 bits per heavy atom. The monoisotopic (exact) mass is 318 g/mol. The average Bonchev–Trinajstić information content (AvgIpc) is 2.93. The number of furan rings is 1. The van der Waals surface area contributed by atoms with Crippen LogP contribution in [0.25, 0.3) is 0 Å². The molecule has 0 spiro atoms. The van der Waals surface area contributed by atoms with Gasteiger partial charge in [0, 0.05) is 10.0 Å². The molecule has 0 aliphatic heterocycles. The zero-order valence-corrected chi connectivity index (χ0v) is 11.9. The van der Waals surface area contributed by atoms with Crippen molar-refractivity contribution in [2.75, 3.05) is 0 Å². The van der Waals surface area contributed by atoms with Crippen LogP contribution in [0.15, 0.2) is 39.4 Å². The Kier molecular flexibility index (Phi) is 2.90. The van der Waals surface area contributed by atoms with Crippen LogP contribution < -0.4 is 0 Å². The molecule has 96 valence electrons. The molecule has 0 fully saturated rings. The third-order valence-corrected chi connectivity index (χ3v) is 4.01. The lowest BCUT2D eigenvalue weighted by Gasteiger charge is -2.05. The first-order valence-corrected chi connectivity index (χ1v) is 6.78. The van der Waals surface area contributed by atoms with Crippen molar-refractivity contribution in [1.29, 1.82) is 0 Å². The fraction of sp³-hybridized carbons (Fsp3) is 0.200. The van der Waals surface area contributed by atoms with Gasteiger partial charge in [0.05, 0.1) is 17.7 Å². The van der Waals surface area contributed by atoms with Crippen LogP contribution in [0.5, 0.6) is 0 Å². The molecular weight excluding hydrogens is 308 g/mol. The minimum atomic E-state index is -0.611. The fourth-order valence-corrected chi connectivity index (χ4v) is 2.92. The second-order valence-electron chi connectivity index (χ2n) is 4.68. The van der Waals surface area contributed by atoms with Gasteiger partial charge in [0.1, 0.15) is 5.76 Å². The maximum Gasteiger partial charge on any atom is 0.177 e. The molecular formula is C15H11BrO3. The van der Waals surface area contributed by atoms with Gasteiger partial charge in [-0.15, -0.1) is 0 Å². The quantitative estimate of drug-likeness (QED) is 0.628. The molecule has 0 saturated heterocycles. The van der Waals surface area contributed by atoms with Crippen LogP contribution in [-0.2, 0) is 6.42 Å². The first-order valence-electron chi connectivity index (χ1n) is 5.99. The Labute approximate surface area is 118 Å². The SMILES string of the molecule is Cc1occc1C(=O)C1Cc2cc(Br)ccc2C1=O. The van der Waals surface area contributed by atoms with E-state index in [4.69, 9.17) is 4.42 Å². The second kappa shape index (κ2) is 4.46. The number of ketones is 2. The molecule has 3 nitrogen and oxygen atoms in total. The van der Waals surface area contributed by atoms with E-state index in [1.54, 1.807) is 19.1 Å². The number of rotatable bonds is 2. The summed E-state index contributed by atoms with van der Waals surface area (Å²) in [6.07, 6.45) is 1.95.